The molecule has 0 atom stereocenters. The van der Waals surface area contributed by atoms with Crippen LogP contribution in [0.4, 0.5) is 0 Å². The van der Waals surface area contributed by atoms with E-state index in [2.05, 4.69) is 26.8 Å². The molecule has 0 aliphatic heterocycles. The molecule has 0 amide bonds. The van der Waals surface area contributed by atoms with Crippen LogP contribution in [0.1, 0.15) is 40.9 Å². The third-order valence-electron chi connectivity index (χ3n) is 3.80. The van der Waals surface area contributed by atoms with Crippen LogP contribution >= 0.6 is 11.8 Å². The number of para-hydroxylation sites is 1. The Morgan fingerprint density at radius 2 is 1.82 bits per heavy atom. The Bertz CT molecular complexity index is 677. The summed E-state index contributed by atoms with van der Waals surface area (Å²) in [4.78, 5) is 14.2. The largest absolute Gasteiger partial charge is 0.496 e. The standard InChI is InChI=1S/C19H22O2S/c1-5-14-13(3)18(22-6-2)12-11-15(14)19(20)16-9-7-8-10-17(16)21-4/h7-12H,5-6H2,1-4H3. The molecule has 22 heavy (non-hydrogen) atoms. The molecule has 0 radical (unpaired) electrons. The third-order valence-corrected chi connectivity index (χ3v) is 4.84. The molecule has 2 aromatic rings. The van der Waals surface area contributed by atoms with E-state index in [1.165, 1.54) is 10.5 Å². The molecule has 0 aromatic heterocycles. The predicted octanol–water partition coefficient (Wildman–Crippen LogP) is 4.91. The SMILES string of the molecule is CCSc1ccc(C(=O)c2ccccc2OC)c(CC)c1C. The highest BCUT2D eigenvalue weighted by atomic mass is 32.2. The fourth-order valence-electron chi connectivity index (χ4n) is 2.69. The molecule has 0 bridgehead atoms. The molecule has 0 aliphatic carbocycles. The Kier molecular flexibility index (Phi) is 5.67. The molecule has 116 valence electrons. The molecule has 3 heteroatoms. The molecule has 0 saturated carbocycles. The lowest BCUT2D eigenvalue weighted by Gasteiger charge is -2.15. The number of carbonyl (C=O) groups excluding carboxylic acids is 1. The van der Waals surface area contributed by atoms with Crippen molar-refractivity contribution in [3.05, 3.63) is 58.7 Å². The Morgan fingerprint density at radius 3 is 2.45 bits per heavy atom. The number of methoxy groups -OCH3 is 1. The van der Waals surface area contributed by atoms with Crippen LogP contribution in [0.25, 0.3) is 0 Å². The van der Waals surface area contributed by atoms with Crippen LogP contribution < -0.4 is 4.74 Å². The van der Waals surface area contributed by atoms with Crippen LogP contribution in [0.2, 0.25) is 0 Å². The van der Waals surface area contributed by atoms with E-state index in [0.29, 0.717) is 11.3 Å². The quantitative estimate of drug-likeness (QED) is 0.560. The second kappa shape index (κ2) is 7.50. The third kappa shape index (κ3) is 3.20. The Labute approximate surface area is 136 Å². The van der Waals surface area contributed by atoms with Crippen molar-refractivity contribution in [3.63, 3.8) is 0 Å². The summed E-state index contributed by atoms with van der Waals surface area (Å²) in [5.41, 5.74) is 3.75. The van der Waals surface area contributed by atoms with Gasteiger partial charge in [0, 0.05) is 10.5 Å². The number of benzene rings is 2. The van der Waals surface area contributed by atoms with Crippen molar-refractivity contribution in [2.45, 2.75) is 32.1 Å². The molecule has 0 aliphatic rings. The van der Waals surface area contributed by atoms with Gasteiger partial charge in [0.15, 0.2) is 5.78 Å². The van der Waals surface area contributed by atoms with Crippen LogP contribution in [0.5, 0.6) is 5.75 Å². The zero-order valence-electron chi connectivity index (χ0n) is 13.6. The van der Waals surface area contributed by atoms with Crippen molar-refractivity contribution in [2.75, 3.05) is 12.9 Å². The number of rotatable bonds is 6. The number of ketones is 1. The maximum Gasteiger partial charge on any atom is 0.197 e. The fraction of sp³-hybridized carbons (Fsp3) is 0.316. The first-order chi connectivity index (χ1) is 10.6. The van der Waals surface area contributed by atoms with Gasteiger partial charge in [0.2, 0.25) is 0 Å². The van der Waals surface area contributed by atoms with Crippen molar-refractivity contribution in [3.8, 4) is 5.75 Å². The molecule has 0 heterocycles. The van der Waals surface area contributed by atoms with E-state index in [9.17, 15) is 4.79 Å². The molecule has 0 N–H and O–H groups in total. The zero-order valence-corrected chi connectivity index (χ0v) is 14.4. The van der Waals surface area contributed by atoms with Crippen LogP contribution in [0.3, 0.4) is 0 Å². The van der Waals surface area contributed by atoms with Crippen molar-refractivity contribution < 1.29 is 9.53 Å². The van der Waals surface area contributed by atoms with Gasteiger partial charge in [0.25, 0.3) is 0 Å². The predicted molar refractivity (Wildman–Crippen MR) is 93.4 cm³/mol. The first kappa shape index (κ1) is 16.6. The van der Waals surface area contributed by atoms with Gasteiger partial charge in [0.1, 0.15) is 5.75 Å². The van der Waals surface area contributed by atoms with Crippen LogP contribution in [0.15, 0.2) is 41.3 Å². The molecule has 2 rings (SSSR count). The lowest BCUT2D eigenvalue weighted by Crippen LogP contribution is -2.08. The average Bonchev–Trinajstić information content (AvgIpc) is 2.56. The molecule has 0 fully saturated rings. The first-order valence-corrected chi connectivity index (χ1v) is 8.55. The minimum atomic E-state index is 0.0328. The monoisotopic (exact) mass is 314 g/mol. The van der Waals surface area contributed by atoms with Crippen LogP contribution in [-0.2, 0) is 6.42 Å². The Balaban J connectivity index is 2.52. The minimum absolute atomic E-state index is 0.0328. The number of hydrogen-bond donors (Lipinski definition) is 0. The summed E-state index contributed by atoms with van der Waals surface area (Å²) in [6.45, 7) is 6.35. The zero-order chi connectivity index (χ0) is 16.1. The fourth-order valence-corrected chi connectivity index (χ4v) is 3.51. The normalized spacial score (nSPS) is 10.5. The van der Waals surface area contributed by atoms with Gasteiger partial charge in [-0.15, -0.1) is 11.8 Å². The molecular weight excluding hydrogens is 292 g/mol. The van der Waals surface area contributed by atoms with E-state index in [-0.39, 0.29) is 5.78 Å². The van der Waals surface area contributed by atoms with E-state index in [4.69, 9.17) is 4.74 Å². The van der Waals surface area contributed by atoms with E-state index < -0.39 is 0 Å². The summed E-state index contributed by atoms with van der Waals surface area (Å²) >= 11 is 1.82. The second-order valence-electron chi connectivity index (χ2n) is 5.03. The topological polar surface area (TPSA) is 26.3 Å². The summed E-state index contributed by atoms with van der Waals surface area (Å²) < 4.78 is 5.33. The van der Waals surface area contributed by atoms with E-state index in [0.717, 1.165) is 23.3 Å². The summed E-state index contributed by atoms with van der Waals surface area (Å²) in [5.74, 6) is 1.69. The summed E-state index contributed by atoms with van der Waals surface area (Å²) in [7, 11) is 1.60. The summed E-state index contributed by atoms with van der Waals surface area (Å²) in [6.07, 6.45) is 0.847. The van der Waals surface area contributed by atoms with Gasteiger partial charge in [-0.05, 0) is 54.5 Å². The Morgan fingerprint density at radius 1 is 1.09 bits per heavy atom. The number of ether oxygens (including phenoxy) is 1. The highest BCUT2D eigenvalue weighted by Crippen LogP contribution is 2.30. The van der Waals surface area contributed by atoms with Crippen molar-refractivity contribution in [2.24, 2.45) is 0 Å². The number of hydrogen-bond acceptors (Lipinski definition) is 3. The maximum atomic E-state index is 12.9. The van der Waals surface area contributed by atoms with Crippen LogP contribution in [-0.4, -0.2) is 18.6 Å². The lowest BCUT2D eigenvalue weighted by atomic mass is 9.93. The Hall–Kier alpha value is -1.74. The van der Waals surface area contributed by atoms with Gasteiger partial charge in [-0.1, -0.05) is 26.0 Å². The smallest absolute Gasteiger partial charge is 0.197 e. The second-order valence-corrected chi connectivity index (χ2v) is 6.34. The van der Waals surface area contributed by atoms with E-state index >= 15 is 0 Å². The van der Waals surface area contributed by atoms with Gasteiger partial charge in [0.05, 0.1) is 12.7 Å². The summed E-state index contributed by atoms with van der Waals surface area (Å²) in [5, 5.41) is 0. The summed E-state index contributed by atoms with van der Waals surface area (Å²) in [6, 6.07) is 11.4. The molecular formula is C19H22O2S. The molecule has 0 unspecified atom stereocenters. The highest BCUT2D eigenvalue weighted by Gasteiger charge is 2.19. The molecule has 2 aromatic carbocycles. The van der Waals surface area contributed by atoms with Crippen molar-refractivity contribution >= 4 is 17.5 Å². The van der Waals surface area contributed by atoms with Gasteiger partial charge < -0.3 is 4.74 Å². The van der Waals surface area contributed by atoms with E-state index in [1.807, 2.05) is 42.1 Å². The van der Waals surface area contributed by atoms with E-state index in [1.54, 1.807) is 7.11 Å². The van der Waals surface area contributed by atoms with Gasteiger partial charge >= 0.3 is 0 Å². The van der Waals surface area contributed by atoms with Gasteiger partial charge in [-0.25, -0.2) is 0 Å². The van der Waals surface area contributed by atoms with Gasteiger partial charge in [-0.3, -0.25) is 4.79 Å². The first-order valence-electron chi connectivity index (χ1n) is 7.57. The average molecular weight is 314 g/mol. The highest BCUT2D eigenvalue weighted by molar-refractivity contribution is 7.99. The van der Waals surface area contributed by atoms with Crippen LogP contribution in [0, 0.1) is 6.92 Å². The molecule has 2 nitrogen and oxygen atoms in total. The lowest BCUT2D eigenvalue weighted by molar-refractivity contribution is 0.103. The molecule has 0 saturated heterocycles. The van der Waals surface area contributed by atoms with Crippen molar-refractivity contribution in [1.82, 2.24) is 0 Å². The number of carbonyl (C=O) groups is 1. The van der Waals surface area contributed by atoms with Gasteiger partial charge in [-0.2, -0.15) is 0 Å². The number of thioether (sulfide) groups is 1. The maximum absolute atomic E-state index is 12.9. The molecule has 0 spiro atoms. The van der Waals surface area contributed by atoms with Crippen molar-refractivity contribution in [1.29, 1.82) is 0 Å². The minimum Gasteiger partial charge on any atom is -0.496 e.